The summed E-state index contributed by atoms with van der Waals surface area (Å²) in [6, 6.07) is 8.89. The summed E-state index contributed by atoms with van der Waals surface area (Å²) in [6.45, 7) is 0.205. The van der Waals surface area contributed by atoms with E-state index in [1.807, 2.05) is 30.3 Å². The van der Waals surface area contributed by atoms with E-state index in [-0.39, 0.29) is 6.61 Å². The van der Waals surface area contributed by atoms with Crippen molar-refractivity contribution in [2.75, 3.05) is 6.26 Å². The topological polar surface area (TPSA) is 86.5 Å². The van der Waals surface area contributed by atoms with Crippen LogP contribution in [0.3, 0.4) is 0 Å². The van der Waals surface area contributed by atoms with E-state index in [2.05, 4.69) is 0 Å². The van der Waals surface area contributed by atoms with Gasteiger partial charge in [0, 0.05) is 17.7 Å². The fourth-order valence-electron chi connectivity index (χ4n) is 1.57. The van der Waals surface area contributed by atoms with Crippen molar-refractivity contribution in [1.29, 1.82) is 0 Å². The summed E-state index contributed by atoms with van der Waals surface area (Å²) in [5.41, 5.74) is 6.66. The highest BCUT2D eigenvalue weighted by Gasteiger charge is 2.11. The molecule has 0 spiro atoms. The molecular formula is C15H20NO4S. The van der Waals surface area contributed by atoms with Gasteiger partial charge in [0.1, 0.15) is 6.61 Å². The van der Waals surface area contributed by atoms with E-state index in [4.69, 9.17) is 10.5 Å². The van der Waals surface area contributed by atoms with Crippen LogP contribution in [-0.4, -0.2) is 26.7 Å². The second-order valence-corrected chi connectivity index (χ2v) is 6.63. The molecule has 0 aliphatic rings. The molecule has 0 bridgehead atoms. The van der Waals surface area contributed by atoms with Gasteiger partial charge in [-0.15, -0.1) is 0 Å². The van der Waals surface area contributed by atoms with E-state index in [9.17, 15) is 13.2 Å². The molecule has 1 aromatic carbocycles. The number of carbonyl (C=O) groups excluding carboxylic acids is 1. The highest BCUT2D eigenvalue weighted by atomic mass is 32.2. The number of ether oxygens (including phenoxy) is 1. The van der Waals surface area contributed by atoms with Crippen LogP contribution in [-0.2, 0) is 26.0 Å². The van der Waals surface area contributed by atoms with E-state index in [1.54, 1.807) is 0 Å². The Morgan fingerprint density at radius 1 is 1.33 bits per heavy atom. The molecule has 1 unspecified atom stereocenters. The lowest BCUT2D eigenvalue weighted by Crippen LogP contribution is -2.25. The van der Waals surface area contributed by atoms with Crippen LogP contribution in [0.1, 0.15) is 18.4 Å². The number of esters is 1. The Labute approximate surface area is 125 Å². The summed E-state index contributed by atoms with van der Waals surface area (Å²) in [7, 11) is -3.11. The molecule has 0 aliphatic carbocycles. The first-order valence-corrected chi connectivity index (χ1v) is 8.50. The second kappa shape index (κ2) is 8.59. The monoisotopic (exact) mass is 310 g/mol. The first-order valence-electron chi connectivity index (χ1n) is 6.54. The number of allylic oxidation sites excluding steroid dienone is 1. The smallest absolute Gasteiger partial charge is 0.311 e. The van der Waals surface area contributed by atoms with Gasteiger partial charge in [0.2, 0.25) is 0 Å². The van der Waals surface area contributed by atoms with Crippen molar-refractivity contribution in [2.24, 2.45) is 5.73 Å². The van der Waals surface area contributed by atoms with Crippen molar-refractivity contribution in [3.8, 4) is 0 Å². The van der Waals surface area contributed by atoms with Crippen molar-refractivity contribution >= 4 is 15.8 Å². The Bertz CT molecular complexity index is 567. The third kappa shape index (κ3) is 8.99. The fraction of sp³-hybridized carbons (Fsp3) is 0.333. The Kier molecular flexibility index (Phi) is 7.11. The zero-order valence-corrected chi connectivity index (χ0v) is 12.8. The maximum atomic E-state index is 11.5. The standard InChI is InChI=1S/C15H20NO4S/c1-21(18,19)10-6-5-9-14(16)11-15(17)20-12-13-7-3-2-4-8-13/h2-4,6-8,10-11,14H,5,9,12,16H2,1H3/b10-6+. The third-order valence-corrected chi connectivity index (χ3v) is 3.27. The average Bonchev–Trinajstić information content (AvgIpc) is 2.41. The van der Waals surface area contributed by atoms with Gasteiger partial charge in [-0.3, -0.25) is 4.79 Å². The SMILES string of the molecule is CS(=O)(=O)/C=C/CCC(N)[CH]C(=O)OCc1ccccc1. The van der Waals surface area contributed by atoms with Gasteiger partial charge in [0.15, 0.2) is 9.84 Å². The van der Waals surface area contributed by atoms with Crippen molar-refractivity contribution in [3.63, 3.8) is 0 Å². The lowest BCUT2D eigenvalue weighted by molar-refractivity contribution is -0.141. The molecule has 0 amide bonds. The molecule has 1 radical (unpaired) electrons. The molecule has 21 heavy (non-hydrogen) atoms. The maximum Gasteiger partial charge on any atom is 0.311 e. The molecule has 0 saturated heterocycles. The Morgan fingerprint density at radius 2 is 2.00 bits per heavy atom. The lowest BCUT2D eigenvalue weighted by Gasteiger charge is -2.09. The van der Waals surface area contributed by atoms with E-state index in [0.717, 1.165) is 17.2 Å². The zero-order valence-electron chi connectivity index (χ0n) is 11.9. The Morgan fingerprint density at radius 3 is 2.62 bits per heavy atom. The normalized spacial score (nSPS) is 13.2. The van der Waals surface area contributed by atoms with Crippen LogP contribution in [0.15, 0.2) is 41.8 Å². The molecule has 2 N–H and O–H groups in total. The van der Waals surface area contributed by atoms with Gasteiger partial charge in [-0.05, 0) is 18.4 Å². The molecule has 5 nitrogen and oxygen atoms in total. The number of hydrogen-bond acceptors (Lipinski definition) is 5. The van der Waals surface area contributed by atoms with Gasteiger partial charge in [-0.2, -0.15) is 0 Å². The van der Waals surface area contributed by atoms with Crippen LogP contribution in [0.25, 0.3) is 0 Å². The van der Waals surface area contributed by atoms with E-state index in [1.165, 1.54) is 12.5 Å². The number of nitrogens with two attached hydrogens (primary N) is 1. The predicted molar refractivity (Wildman–Crippen MR) is 81.7 cm³/mol. The molecule has 115 valence electrons. The summed E-state index contributed by atoms with van der Waals surface area (Å²) in [5.74, 6) is -0.474. The second-order valence-electron chi connectivity index (χ2n) is 4.70. The summed E-state index contributed by atoms with van der Waals surface area (Å²) in [6.07, 6.45) is 4.91. The van der Waals surface area contributed by atoms with Crippen LogP contribution in [0.4, 0.5) is 0 Å². The predicted octanol–water partition coefficient (Wildman–Crippen LogP) is 1.60. The lowest BCUT2D eigenvalue weighted by atomic mass is 10.1. The largest absolute Gasteiger partial charge is 0.461 e. The van der Waals surface area contributed by atoms with Gasteiger partial charge in [0.05, 0.1) is 6.42 Å². The summed E-state index contributed by atoms with van der Waals surface area (Å²) >= 11 is 0. The van der Waals surface area contributed by atoms with Crippen LogP contribution in [0.2, 0.25) is 0 Å². The van der Waals surface area contributed by atoms with Crippen molar-refractivity contribution in [3.05, 3.63) is 53.8 Å². The van der Waals surface area contributed by atoms with E-state index in [0.29, 0.717) is 12.8 Å². The van der Waals surface area contributed by atoms with Gasteiger partial charge in [-0.1, -0.05) is 36.4 Å². The third-order valence-electron chi connectivity index (χ3n) is 2.58. The minimum atomic E-state index is -3.11. The molecule has 1 atom stereocenters. The van der Waals surface area contributed by atoms with E-state index < -0.39 is 21.8 Å². The molecule has 0 fully saturated rings. The first-order chi connectivity index (χ1) is 9.87. The highest BCUT2D eigenvalue weighted by molar-refractivity contribution is 7.93. The molecule has 1 rings (SSSR count). The van der Waals surface area contributed by atoms with Gasteiger partial charge < -0.3 is 10.5 Å². The van der Waals surface area contributed by atoms with Crippen molar-refractivity contribution in [1.82, 2.24) is 0 Å². The molecule has 6 heteroatoms. The number of rotatable bonds is 8. The maximum absolute atomic E-state index is 11.5. The molecule has 1 aromatic rings. The average molecular weight is 310 g/mol. The Hall–Kier alpha value is -1.66. The fourth-order valence-corrected chi connectivity index (χ4v) is 2.05. The molecule has 0 saturated carbocycles. The zero-order chi connectivity index (χ0) is 15.7. The van der Waals surface area contributed by atoms with Crippen LogP contribution < -0.4 is 5.73 Å². The number of benzene rings is 1. The summed E-state index contributed by atoms with van der Waals surface area (Å²) in [5, 5.41) is 1.13. The molecule has 0 aromatic heterocycles. The molecular weight excluding hydrogens is 290 g/mol. The van der Waals surface area contributed by atoms with Crippen LogP contribution in [0.5, 0.6) is 0 Å². The molecule has 0 heterocycles. The van der Waals surface area contributed by atoms with Crippen molar-refractivity contribution < 1.29 is 17.9 Å². The van der Waals surface area contributed by atoms with Crippen LogP contribution in [0, 0.1) is 6.42 Å². The minimum absolute atomic E-state index is 0.205. The minimum Gasteiger partial charge on any atom is -0.461 e. The number of hydrogen-bond donors (Lipinski definition) is 1. The van der Waals surface area contributed by atoms with Crippen molar-refractivity contribution in [2.45, 2.75) is 25.5 Å². The van der Waals surface area contributed by atoms with E-state index >= 15 is 0 Å². The summed E-state index contributed by atoms with van der Waals surface area (Å²) in [4.78, 5) is 11.5. The van der Waals surface area contributed by atoms with Gasteiger partial charge in [0.25, 0.3) is 0 Å². The first kappa shape index (κ1) is 17.4. The van der Waals surface area contributed by atoms with Gasteiger partial charge in [-0.25, -0.2) is 8.42 Å². The van der Waals surface area contributed by atoms with Gasteiger partial charge >= 0.3 is 5.97 Å². The quantitative estimate of drug-likeness (QED) is 0.737. The molecule has 0 aliphatic heterocycles. The summed E-state index contributed by atoms with van der Waals surface area (Å²) < 4.78 is 26.8. The highest BCUT2D eigenvalue weighted by Crippen LogP contribution is 2.05. The van der Waals surface area contributed by atoms with Crippen LogP contribution >= 0.6 is 0 Å². The Balaban J connectivity index is 2.23. The number of sulfone groups is 1. The number of carbonyl (C=O) groups is 1.